The van der Waals surface area contributed by atoms with Gasteiger partial charge in [0.25, 0.3) is 0 Å². The standard InChI is InChI=1S/C25H32N4O5S/c1-3-5-21-25-19(8-9-26-21)23(31)17-22(27-25)20-16-18(6-7-24(20)34-4-2)35(32,33)29-12-10-28(11-13-29)14-15-30/h6-9,16,30H,3-5,10-15,17H2,1-2H3. The Morgan fingerprint density at radius 3 is 2.54 bits per heavy atom. The highest BCUT2D eigenvalue weighted by molar-refractivity contribution is 7.89. The number of benzene rings is 1. The van der Waals surface area contributed by atoms with Gasteiger partial charge in [0.2, 0.25) is 10.0 Å². The third kappa shape index (κ3) is 5.30. The lowest BCUT2D eigenvalue weighted by Crippen LogP contribution is -2.49. The van der Waals surface area contributed by atoms with E-state index in [0.717, 1.165) is 12.1 Å². The van der Waals surface area contributed by atoms with Crippen molar-refractivity contribution in [3.05, 3.63) is 47.3 Å². The molecule has 1 N–H and O–H groups in total. The van der Waals surface area contributed by atoms with Gasteiger partial charge in [0.1, 0.15) is 5.75 Å². The topological polar surface area (TPSA) is 112 Å². The van der Waals surface area contributed by atoms with Gasteiger partial charge in [-0.1, -0.05) is 13.3 Å². The van der Waals surface area contributed by atoms with E-state index in [9.17, 15) is 13.2 Å². The summed E-state index contributed by atoms with van der Waals surface area (Å²) < 4.78 is 34.2. The zero-order valence-corrected chi connectivity index (χ0v) is 21.1. The Balaban J connectivity index is 1.73. The van der Waals surface area contributed by atoms with E-state index in [1.165, 1.54) is 4.31 Å². The fraction of sp³-hybridized carbons (Fsp3) is 0.480. The Hall–Kier alpha value is -2.66. The maximum absolute atomic E-state index is 13.5. The number of hydrogen-bond donors (Lipinski definition) is 1. The van der Waals surface area contributed by atoms with E-state index in [4.69, 9.17) is 14.8 Å². The van der Waals surface area contributed by atoms with Crippen LogP contribution in [0, 0.1) is 0 Å². The second-order valence-corrected chi connectivity index (χ2v) is 10.6. The number of fused-ring (bicyclic) bond motifs is 1. The molecular weight excluding hydrogens is 468 g/mol. The number of nitrogens with zero attached hydrogens (tertiary/aromatic N) is 4. The summed E-state index contributed by atoms with van der Waals surface area (Å²) in [6.45, 7) is 6.71. The number of piperazine rings is 1. The Morgan fingerprint density at radius 1 is 1.09 bits per heavy atom. The van der Waals surface area contributed by atoms with Crippen molar-refractivity contribution in [3.8, 4) is 5.75 Å². The van der Waals surface area contributed by atoms with Gasteiger partial charge in [0, 0.05) is 50.0 Å². The van der Waals surface area contributed by atoms with Crippen molar-refractivity contribution >= 4 is 27.2 Å². The van der Waals surface area contributed by atoms with Crippen molar-refractivity contribution in [3.63, 3.8) is 0 Å². The molecule has 2 aliphatic heterocycles. The Morgan fingerprint density at radius 2 is 1.86 bits per heavy atom. The van der Waals surface area contributed by atoms with Crippen LogP contribution >= 0.6 is 0 Å². The molecule has 188 valence electrons. The van der Waals surface area contributed by atoms with Crippen LogP contribution in [0.3, 0.4) is 0 Å². The smallest absolute Gasteiger partial charge is 0.243 e. The zero-order chi connectivity index (χ0) is 25.0. The molecule has 10 heteroatoms. The van der Waals surface area contributed by atoms with Gasteiger partial charge >= 0.3 is 0 Å². The summed E-state index contributed by atoms with van der Waals surface area (Å²) in [5.74, 6) is 0.426. The molecule has 0 saturated carbocycles. The summed E-state index contributed by atoms with van der Waals surface area (Å²) >= 11 is 0. The first-order valence-electron chi connectivity index (χ1n) is 12.1. The van der Waals surface area contributed by atoms with Crippen molar-refractivity contribution in [2.24, 2.45) is 4.99 Å². The van der Waals surface area contributed by atoms with Gasteiger partial charge in [-0.3, -0.25) is 14.7 Å². The van der Waals surface area contributed by atoms with Gasteiger partial charge < -0.3 is 9.84 Å². The number of aliphatic hydroxyl groups is 1. The number of aromatic nitrogens is 1. The van der Waals surface area contributed by atoms with E-state index < -0.39 is 10.0 Å². The van der Waals surface area contributed by atoms with E-state index in [-0.39, 0.29) is 23.7 Å². The van der Waals surface area contributed by atoms with E-state index in [0.29, 0.717) is 74.0 Å². The molecule has 3 heterocycles. The van der Waals surface area contributed by atoms with Gasteiger partial charge in [-0.05, 0) is 37.6 Å². The van der Waals surface area contributed by atoms with E-state index in [2.05, 4.69) is 4.98 Å². The molecule has 2 aliphatic rings. The number of ether oxygens (including phenoxy) is 1. The molecule has 4 rings (SSSR count). The number of carbonyl (C=O) groups is 1. The summed E-state index contributed by atoms with van der Waals surface area (Å²) in [7, 11) is -3.75. The van der Waals surface area contributed by atoms with Gasteiger partial charge in [0.05, 0.1) is 41.6 Å². The van der Waals surface area contributed by atoms with Crippen LogP contribution in [-0.2, 0) is 16.4 Å². The highest BCUT2D eigenvalue weighted by Crippen LogP contribution is 2.34. The van der Waals surface area contributed by atoms with E-state index in [1.807, 2.05) is 18.7 Å². The number of β-amino-alcohol motifs (C(OH)–C–C–N with tert-alkyl or cyclic N) is 1. The summed E-state index contributed by atoms with van der Waals surface area (Å²) in [6.07, 6.45) is 3.27. The van der Waals surface area contributed by atoms with Crippen LogP contribution in [-0.4, -0.2) is 85.1 Å². The summed E-state index contributed by atoms with van der Waals surface area (Å²) in [5.41, 5.74) is 2.88. The number of pyridine rings is 1. The second-order valence-electron chi connectivity index (χ2n) is 8.62. The van der Waals surface area contributed by atoms with Crippen LogP contribution in [0.4, 0.5) is 5.69 Å². The Bertz CT molecular complexity index is 1220. The minimum atomic E-state index is -3.75. The van der Waals surface area contributed by atoms with Crippen LogP contribution in [0.5, 0.6) is 5.75 Å². The number of ketones is 1. The first-order chi connectivity index (χ1) is 16.9. The largest absolute Gasteiger partial charge is 0.493 e. The van der Waals surface area contributed by atoms with Crippen LogP contribution in [0.2, 0.25) is 0 Å². The minimum Gasteiger partial charge on any atom is -0.493 e. The summed E-state index contributed by atoms with van der Waals surface area (Å²) in [6, 6.07) is 6.46. The molecule has 2 aromatic rings. The lowest BCUT2D eigenvalue weighted by Gasteiger charge is -2.33. The van der Waals surface area contributed by atoms with Crippen LogP contribution < -0.4 is 4.74 Å². The number of hydrogen-bond acceptors (Lipinski definition) is 8. The number of aliphatic imine (C=N–C) groups is 1. The number of Topliss-reactive ketones (excluding diaryl/α,β-unsaturated/α-hetero) is 1. The fourth-order valence-corrected chi connectivity index (χ4v) is 5.95. The number of aryl methyl sites for hydroxylation is 1. The molecule has 0 unspecified atom stereocenters. The lowest BCUT2D eigenvalue weighted by molar-refractivity contribution is 0.0999. The summed E-state index contributed by atoms with van der Waals surface area (Å²) in [4.78, 5) is 24.4. The highest BCUT2D eigenvalue weighted by Gasteiger charge is 2.31. The molecule has 1 fully saturated rings. The van der Waals surface area contributed by atoms with Crippen LogP contribution in [0.25, 0.3) is 0 Å². The average molecular weight is 501 g/mol. The zero-order valence-electron chi connectivity index (χ0n) is 20.2. The normalized spacial score (nSPS) is 17.2. The fourth-order valence-electron chi connectivity index (χ4n) is 4.50. The monoisotopic (exact) mass is 500 g/mol. The predicted molar refractivity (Wildman–Crippen MR) is 133 cm³/mol. The number of rotatable bonds is 9. The first kappa shape index (κ1) is 25.4. The molecule has 35 heavy (non-hydrogen) atoms. The predicted octanol–water partition coefficient (Wildman–Crippen LogP) is 2.44. The van der Waals surface area contributed by atoms with Gasteiger partial charge in [0.15, 0.2) is 5.78 Å². The van der Waals surface area contributed by atoms with E-state index in [1.54, 1.807) is 30.5 Å². The minimum absolute atomic E-state index is 0.0501. The molecule has 0 spiro atoms. The Kier molecular flexibility index (Phi) is 7.95. The Labute approximate surface area is 206 Å². The lowest BCUT2D eigenvalue weighted by atomic mass is 9.95. The molecule has 0 amide bonds. The van der Waals surface area contributed by atoms with Crippen LogP contribution in [0.15, 0.2) is 40.4 Å². The summed E-state index contributed by atoms with van der Waals surface area (Å²) in [5, 5.41) is 9.15. The maximum Gasteiger partial charge on any atom is 0.243 e. The quantitative estimate of drug-likeness (QED) is 0.563. The third-order valence-electron chi connectivity index (χ3n) is 6.31. The van der Waals surface area contributed by atoms with Crippen molar-refractivity contribution in [1.29, 1.82) is 0 Å². The maximum atomic E-state index is 13.5. The van der Waals surface area contributed by atoms with Crippen molar-refractivity contribution in [2.45, 2.75) is 38.0 Å². The van der Waals surface area contributed by atoms with Crippen LogP contribution in [0.1, 0.15) is 48.3 Å². The molecular formula is C25H32N4O5S. The molecule has 0 aliphatic carbocycles. The first-order valence-corrected chi connectivity index (χ1v) is 13.5. The average Bonchev–Trinajstić information content (AvgIpc) is 2.85. The second kappa shape index (κ2) is 10.9. The SMILES string of the molecule is CCCc1nccc2c1N=C(c1cc(S(=O)(=O)N3CCN(CCO)CC3)ccc1OCC)CC2=O. The van der Waals surface area contributed by atoms with Gasteiger partial charge in [-0.15, -0.1) is 0 Å². The highest BCUT2D eigenvalue weighted by atomic mass is 32.2. The van der Waals surface area contributed by atoms with Crippen molar-refractivity contribution in [1.82, 2.24) is 14.2 Å². The number of aliphatic hydroxyl groups excluding tert-OH is 1. The molecule has 0 bridgehead atoms. The molecule has 1 aromatic carbocycles. The van der Waals surface area contributed by atoms with Gasteiger partial charge in [-0.2, -0.15) is 4.31 Å². The van der Waals surface area contributed by atoms with E-state index >= 15 is 0 Å². The molecule has 9 nitrogen and oxygen atoms in total. The molecule has 0 atom stereocenters. The molecule has 1 aromatic heterocycles. The number of sulfonamides is 1. The van der Waals surface area contributed by atoms with Crippen molar-refractivity contribution in [2.75, 3.05) is 45.9 Å². The molecule has 1 saturated heterocycles. The number of carbonyl (C=O) groups excluding carboxylic acids is 1. The van der Waals surface area contributed by atoms with Gasteiger partial charge in [-0.25, -0.2) is 13.4 Å². The molecule has 0 radical (unpaired) electrons. The van der Waals surface area contributed by atoms with Crippen molar-refractivity contribution < 1.29 is 23.1 Å². The third-order valence-corrected chi connectivity index (χ3v) is 8.20.